The number of nitrogens with zero attached hydrogens (tertiary/aromatic N) is 1. The van der Waals surface area contributed by atoms with Crippen LogP contribution < -0.4 is 10.6 Å². The molecular formula is C20H24FN3O3. The summed E-state index contributed by atoms with van der Waals surface area (Å²) in [6.45, 7) is 0.326. The number of hydrogen-bond acceptors (Lipinski definition) is 3. The Balaban J connectivity index is 1.48. The first-order valence-electron chi connectivity index (χ1n) is 9.07. The highest BCUT2D eigenvalue weighted by Crippen LogP contribution is 2.26. The third kappa shape index (κ3) is 4.54. The maximum Gasteiger partial charge on any atom is 0.268 e. The number of aryl methyl sites for hydroxylation is 1. The molecule has 1 fully saturated rings. The molecule has 0 spiro atoms. The Morgan fingerprint density at radius 1 is 1.22 bits per heavy atom. The van der Waals surface area contributed by atoms with Crippen LogP contribution in [-0.4, -0.2) is 40.2 Å². The number of aromatic nitrogens is 1. The topological polar surface area (TPSA) is 83.4 Å². The smallest absolute Gasteiger partial charge is 0.268 e. The van der Waals surface area contributed by atoms with Gasteiger partial charge in [0.15, 0.2) is 0 Å². The summed E-state index contributed by atoms with van der Waals surface area (Å²) in [5.41, 5.74) is 1.05. The van der Waals surface area contributed by atoms with E-state index in [0.717, 1.165) is 0 Å². The number of aliphatic hydroxyl groups excluding tert-OH is 1. The number of aliphatic hydroxyl groups is 1. The molecule has 0 bridgehead atoms. The number of hydrogen-bond donors (Lipinski definition) is 3. The van der Waals surface area contributed by atoms with E-state index in [2.05, 4.69) is 10.6 Å². The molecule has 0 unspecified atom stereocenters. The molecule has 2 amide bonds. The summed E-state index contributed by atoms with van der Waals surface area (Å²) in [5, 5.41) is 15.8. The van der Waals surface area contributed by atoms with Crippen molar-refractivity contribution in [1.29, 1.82) is 0 Å². The molecule has 3 rings (SSSR count). The summed E-state index contributed by atoms with van der Waals surface area (Å²) in [7, 11) is 1.77. The van der Waals surface area contributed by atoms with Gasteiger partial charge in [0.05, 0.1) is 12.1 Å². The van der Waals surface area contributed by atoms with Crippen LogP contribution in [0.5, 0.6) is 0 Å². The number of benzene rings is 1. The van der Waals surface area contributed by atoms with Crippen molar-refractivity contribution in [1.82, 2.24) is 15.2 Å². The first-order chi connectivity index (χ1) is 13.0. The van der Waals surface area contributed by atoms with Gasteiger partial charge >= 0.3 is 0 Å². The van der Waals surface area contributed by atoms with Crippen LogP contribution in [0.3, 0.4) is 0 Å². The van der Waals surface area contributed by atoms with Crippen LogP contribution in [-0.2, 0) is 18.3 Å². The van der Waals surface area contributed by atoms with Crippen LogP contribution in [0, 0.1) is 11.7 Å². The lowest BCUT2D eigenvalue weighted by Crippen LogP contribution is -2.40. The third-order valence-corrected chi connectivity index (χ3v) is 5.04. The number of nitrogens with one attached hydrogen (secondary N) is 2. The Bertz CT molecular complexity index is 820. The summed E-state index contributed by atoms with van der Waals surface area (Å²) in [6, 6.07) is 9.47. The second-order valence-electron chi connectivity index (χ2n) is 6.95. The standard InChI is InChI=1S/C20H24FN3O3/c1-24-10-4-7-17(24)20(27)23-16-11-14(12-18(16)25)19(26)22-9-8-13-5-2-3-6-15(13)21/h2-7,10,14,16,18,25H,8-9,11-12H2,1H3,(H,22,26)(H,23,27)/t14-,16-,18-/m0/s1. The minimum Gasteiger partial charge on any atom is -0.391 e. The van der Waals surface area contributed by atoms with Gasteiger partial charge in [0.2, 0.25) is 5.91 Å². The minimum absolute atomic E-state index is 0.180. The summed E-state index contributed by atoms with van der Waals surface area (Å²) in [4.78, 5) is 24.6. The van der Waals surface area contributed by atoms with E-state index >= 15 is 0 Å². The predicted octanol–water partition coefficient (Wildman–Crippen LogP) is 1.39. The second kappa shape index (κ2) is 8.35. The minimum atomic E-state index is -0.767. The molecule has 2 aromatic rings. The Kier molecular flexibility index (Phi) is 5.91. The van der Waals surface area contributed by atoms with Gasteiger partial charge in [-0.05, 0) is 43.0 Å². The average molecular weight is 373 g/mol. The Morgan fingerprint density at radius 2 is 2.00 bits per heavy atom. The lowest BCUT2D eigenvalue weighted by molar-refractivity contribution is -0.125. The molecule has 1 aliphatic rings. The van der Waals surface area contributed by atoms with E-state index in [4.69, 9.17) is 0 Å². The largest absolute Gasteiger partial charge is 0.391 e. The van der Waals surface area contributed by atoms with Gasteiger partial charge in [-0.1, -0.05) is 18.2 Å². The van der Waals surface area contributed by atoms with Crippen LogP contribution in [0.1, 0.15) is 28.9 Å². The molecule has 1 heterocycles. The van der Waals surface area contributed by atoms with E-state index in [0.29, 0.717) is 37.1 Å². The van der Waals surface area contributed by atoms with Crippen LogP contribution in [0.25, 0.3) is 0 Å². The monoisotopic (exact) mass is 373 g/mol. The van der Waals surface area contributed by atoms with Crippen LogP contribution in [0.4, 0.5) is 4.39 Å². The zero-order valence-electron chi connectivity index (χ0n) is 15.2. The van der Waals surface area contributed by atoms with Gasteiger partial charge in [0.1, 0.15) is 11.5 Å². The Labute approximate surface area is 157 Å². The molecule has 1 saturated carbocycles. The zero-order valence-corrected chi connectivity index (χ0v) is 15.2. The van der Waals surface area contributed by atoms with E-state index in [9.17, 15) is 19.1 Å². The van der Waals surface area contributed by atoms with E-state index in [1.54, 1.807) is 48.1 Å². The van der Waals surface area contributed by atoms with Crippen molar-refractivity contribution in [3.05, 3.63) is 59.7 Å². The fourth-order valence-electron chi connectivity index (χ4n) is 3.49. The van der Waals surface area contributed by atoms with Crippen LogP contribution >= 0.6 is 0 Å². The van der Waals surface area contributed by atoms with Crippen LogP contribution in [0.2, 0.25) is 0 Å². The average Bonchev–Trinajstić information content (AvgIpc) is 3.22. The molecule has 7 heteroatoms. The molecule has 3 atom stereocenters. The molecule has 1 aromatic carbocycles. The quantitative estimate of drug-likeness (QED) is 0.716. The Morgan fingerprint density at radius 3 is 2.70 bits per heavy atom. The van der Waals surface area contributed by atoms with Gasteiger partial charge < -0.3 is 20.3 Å². The summed E-state index contributed by atoms with van der Waals surface area (Å²) in [6.07, 6.45) is 2.08. The molecule has 1 aliphatic carbocycles. The number of amides is 2. The normalized spacial score (nSPS) is 21.8. The third-order valence-electron chi connectivity index (χ3n) is 5.04. The summed E-state index contributed by atoms with van der Waals surface area (Å²) in [5.74, 6) is -1.11. The molecule has 0 saturated heterocycles. The SMILES string of the molecule is Cn1cccc1C(=O)N[C@H]1C[C@H](C(=O)NCCc2ccccc2F)C[C@@H]1O. The lowest BCUT2D eigenvalue weighted by Gasteiger charge is -2.16. The van der Waals surface area contributed by atoms with Crippen LogP contribution in [0.15, 0.2) is 42.6 Å². The van der Waals surface area contributed by atoms with Gasteiger partial charge in [-0.15, -0.1) is 0 Å². The molecular weight excluding hydrogens is 349 g/mol. The van der Waals surface area contributed by atoms with Crippen molar-refractivity contribution in [2.45, 2.75) is 31.4 Å². The molecule has 3 N–H and O–H groups in total. The predicted molar refractivity (Wildman–Crippen MR) is 98.5 cm³/mol. The molecule has 6 nitrogen and oxygen atoms in total. The van der Waals surface area contributed by atoms with Crippen molar-refractivity contribution in [3.8, 4) is 0 Å². The molecule has 1 aromatic heterocycles. The summed E-state index contributed by atoms with van der Waals surface area (Å²) < 4.78 is 15.3. The number of carbonyl (C=O) groups is 2. The maximum absolute atomic E-state index is 13.6. The van der Waals surface area contributed by atoms with E-state index in [1.807, 2.05) is 0 Å². The van der Waals surface area contributed by atoms with Crippen molar-refractivity contribution in [2.75, 3.05) is 6.54 Å². The van der Waals surface area contributed by atoms with E-state index in [-0.39, 0.29) is 23.5 Å². The van der Waals surface area contributed by atoms with Crippen molar-refractivity contribution in [3.63, 3.8) is 0 Å². The van der Waals surface area contributed by atoms with Gasteiger partial charge in [0, 0.05) is 25.7 Å². The van der Waals surface area contributed by atoms with Crippen molar-refractivity contribution < 1.29 is 19.1 Å². The molecule has 144 valence electrons. The highest BCUT2D eigenvalue weighted by molar-refractivity contribution is 5.93. The second-order valence-corrected chi connectivity index (χ2v) is 6.95. The number of carbonyl (C=O) groups excluding carboxylic acids is 2. The van der Waals surface area contributed by atoms with Gasteiger partial charge in [-0.2, -0.15) is 0 Å². The summed E-state index contributed by atoms with van der Waals surface area (Å²) >= 11 is 0. The fraction of sp³-hybridized carbons (Fsp3) is 0.400. The Hall–Kier alpha value is -2.67. The van der Waals surface area contributed by atoms with Crippen molar-refractivity contribution >= 4 is 11.8 Å². The molecule has 27 heavy (non-hydrogen) atoms. The zero-order chi connectivity index (χ0) is 19.4. The van der Waals surface area contributed by atoms with E-state index < -0.39 is 12.1 Å². The van der Waals surface area contributed by atoms with E-state index in [1.165, 1.54) is 6.07 Å². The van der Waals surface area contributed by atoms with Gasteiger partial charge in [0.25, 0.3) is 5.91 Å². The van der Waals surface area contributed by atoms with Gasteiger partial charge in [-0.25, -0.2) is 4.39 Å². The fourth-order valence-corrected chi connectivity index (χ4v) is 3.49. The molecule has 0 radical (unpaired) electrons. The highest BCUT2D eigenvalue weighted by atomic mass is 19.1. The maximum atomic E-state index is 13.6. The highest BCUT2D eigenvalue weighted by Gasteiger charge is 2.37. The van der Waals surface area contributed by atoms with Gasteiger partial charge in [-0.3, -0.25) is 9.59 Å². The lowest BCUT2D eigenvalue weighted by atomic mass is 10.1. The first-order valence-corrected chi connectivity index (χ1v) is 9.07. The molecule has 0 aliphatic heterocycles. The first kappa shape index (κ1) is 19.1. The van der Waals surface area contributed by atoms with Crippen molar-refractivity contribution in [2.24, 2.45) is 13.0 Å². The number of rotatable bonds is 6. The number of halogens is 1.